The number of rotatable bonds is 2. The average molecular weight is 259 g/mol. The van der Waals surface area contributed by atoms with Gasteiger partial charge in [0.25, 0.3) is 0 Å². The van der Waals surface area contributed by atoms with Gasteiger partial charge in [0.2, 0.25) is 0 Å². The molecule has 0 spiro atoms. The summed E-state index contributed by atoms with van der Waals surface area (Å²) in [6, 6.07) is 6.12. The van der Waals surface area contributed by atoms with Crippen LogP contribution in [0.25, 0.3) is 0 Å². The van der Waals surface area contributed by atoms with Gasteiger partial charge >= 0.3 is 5.97 Å². The average Bonchev–Trinajstić information content (AvgIpc) is 2.61. The minimum atomic E-state index is -0.998. The van der Waals surface area contributed by atoms with Gasteiger partial charge in [-0.3, -0.25) is 0 Å². The van der Waals surface area contributed by atoms with Crippen molar-refractivity contribution in [1.82, 2.24) is 0 Å². The number of anilines is 2. The molecule has 0 amide bonds. The number of aliphatic hydroxyl groups excluding tert-OH is 1. The molecule has 1 fully saturated rings. The monoisotopic (exact) mass is 258 g/mol. The molecule has 1 aliphatic heterocycles. The van der Waals surface area contributed by atoms with Gasteiger partial charge in [0, 0.05) is 17.9 Å². The quantitative estimate of drug-likeness (QED) is 0.681. The lowest BCUT2D eigenvalue weighted by Crippen LogP contribution is -2.41. The molecule has 4 N–H and O–H groups in total. The molecule has 5 nitrogen and oxygen atoms in total. The summed E-state index contributed by atoms with van der Waals surface area (Å²) in [5, 5.41) is 18.6. The molecule has 2 unspecified atom stereocenters. The Balaban J connectivity index is 0.00000144. The molecule has 1 aromatic carbocycles. The van der Waals surface area contributed by atoms with Crippen LogP contribution in [0.2, 0.25) is 0 Å². The SMILES string of the molecule is Cl.Nc1ccc(N2CCC(O)C2C(=O)O)cc1. The molecule has 2 atom stereocenters. The van der Waals surface area contributed by atoms with E-state index in [-0.39, 0.29) is 12.4 Å². The van der Waals surface area contributed by atoms with Crippen LogP contribution in [-0.2, 0) is 4.79 Å². The Morgan fingerprint density at radius 1 is 1.35 bits per heavy atom. The molecule has 0 aromatic heterocycles. The van der Waals surface area contributed by atoms with Crippen molar-refractivity contribution in [3.8, 4) is 0 Å². The molecule has 17 heavy (non-hydrogen) atoms. The van der Waals surface area contributed by atoms with Crippen molar-refractivity contribution in [2.45, 2.75) is 18.6 Å². The van der Waals surface area contributed by atoms with E-state index in [2.05, 4.69) is 0 Å². The molecular weight excluding hydrogens is 244 g/mol. The molecule has 1 aliphatic rings. The summed E-state index contributed by atoms with van der Waals surface area (Å²) in [4.78, 5) is 12.7. The highest BCUT2D eigenvalue weighted by atomic mass is 35.5. The van der Waals surface area contributed by atoms with Crippen LogP contribution in [0.4, 0.5) is 11.4 Å². The maximum atomic E-state index is 11.0. The number of nitrogen functional groups attached to an aromatic ring is 1. The lowest BCUT2D eigenvalue weighted by Gasteiger charge is -2.24. The van der Waals surface area contributed by atoms with Crippen molar-refractivity contribution in [1.29, 1.82) is 0 Å². The van der Waals surface area contributed by atoms with Crippen molar-refractivity contribution in [3.63, 3.8) is 0 Å². The number of carboxylic acid groups (broad SMARTS) is 1. The van der Waals surface area contributed by atoms with Crippen LogP contribution in [0.5, 0.6) is 0 Å². The van der Waals surface area contributed by atoms with Gasteiger partial charge in [-0.1, -0.05) is 0 Å². The van der Waals surface area contributed by atoms with E-state index in [1.54, 1.807) is 29.2 Å². The van der Waals surface area contributed by atoms with Gasteiger partial charge in [0.15, 0.2) is 6.04 Å². The molecule has 0 bridgehead atoms. The van der Waals surface area contributed by atoms with E-state index in [0.29, 0.717) is 18.7 Å². The van der Waals surface area contributed by atoms with E-state index < -0.39 is 18.1 Å². The molecule has 6 heteroatoms. The van der Waals surface area contributed by atoms with E-state index >= 15 is 0 Å². The van der Waals surface area contributed by atoms with Crippen molar-refractivity contribution < 1.29 is 15.0 Å². The Bertz CT molecular complexity index is 396. The first-order valence-corrected chi connectivity index (χ1v) is 5.12. The fourth-order valence-corrected chi connectivity index (χ4v) is 2.03. The summed E-state index contributed by atoms with van der Waals surface area (Å²) in [6.45, 7) is 0.544. The van der Waals surface area contributed by atoms with Crippen LogP contribution in [0.1, 0.15) is 6.42 Å². The lowest BCUT2D eigenvalue weighted by molar-refractivity contribution is -0.140. The summed E-state index contributed by atoms with van der Waals surface area (Å²) in [6.07, 6.45) is -0.337. The highest BCUT2D eigenvalue weighted by Crippen LogP contribution is 2.26. The summed E-state index contributed by atoms with van der Waals surface area (Å²) in [7, 11) is 0. The molecule has 0 aliphatic carbocycles. The molecular formula is C11H15ClN2O3. The Morgan fingerprint density at radius 2 is 1.94 bits per heavy atom. The standard InChI is InChI=1S/C11H14N2O3.ClH/c12-7-1-3-8(4-2-7)13-6-5-9(14)10(13)11(15)16;/h1-4,9-10,14H,5-6,12H2,(H,15,16);1H. The minimum Gasteiger partial charge on any atom is -0.480 e. The van der Waals surface area contributed by atoms with Crippen molar-refractivity contribution in [2.75, 3.05) is 17.2 Å². The second-order valence-corrected chi connectivity index (χ2v) is 3.92. The third-order valence-electron chi connectivity index (χ3n) is 2.84. The Labute approximate surface area is 105 Å². The van der Waals surface area contributed by atoms with Crippen molar-refractivity contribution in [2.24, 2.45) is 0 Å². The van der Waals surface area contributed by atoms with E-state index in [1.807, 2.05) is 0 Å². The number of aliphatic hydroxyl groups is 1. The maximum absolute atomic E-state index is 11.0. The van der Waals surface area contributed by atoms with E-state index in [9.17, 15) is 9.90 Å². The summed E-state index contributed by atoms with van der Waals surface area (Å²) >= 11 is 0. The predicted octanol–water partition coefficient (Wildman–Crippen LogP) is 0.715. The number of hydrogen-bond acceptors (Lipinski definition) is 4. The number of nitrogens with zero attached hydrogens (tertiary/aromatic N) is 1. The fourth-order valence-electron chi connectivity index (χ4n) is 2.03. The highest BCUT2D eigenvalue weighted by molar-refractivity contribution is 5.85. The Kier molecular flexibility index (Phi) is 4.20. The van der Waals surface area contributed by atoms with Crippen LogP contribution in [-0.4, -0.2) is 34.9 Å². The normalized spacial score (nSPS) is 23.2. The Hall–Kier alpha value is -1.46. The molecule has 1 saturated heterocycles. The van der Waals surface area contributed by atoms with E-state index in [0.717, 1.165) is 5.69 Å². The van der Waals surface area contributed by atoms with Crippen LogP contribution in [0, 0.1) is 0 Å². The molecule has 2 rings (SSSR count). The van der Waals surface area contributed by atoms with Crippen LogP contribution in [0.15, 0.2) is 24.3 Å². The number of aliphatic carboxylic acids is 1. The van der Waals surface area contributed by atoms with Gasteiger partial charge in [0.05, 0.1) is 6.10 Å². The van der Waals surface area contributed by atoms with Crippen molar-refractivity contribution >= 4 is 29.8 Å². The first kappa shape index (κ1) is 13.6. The van der Waals surface area contributed by atoms with E-state index in [1.165, 1.54) is 0 Å². The fraction of sp³-hybridized carbons (Fsp3) is 0.364. The molecule has 1 heterocycles. The third kappa shape index (κ3) is 2.62. The van der Waals surface area contributed by atoms with Crippen molar-refractivity contribution in [3.05, 3.63) is 24.3 Å². The van der Waals surface area contributed by atoms with Gasteiger partial charge in [-0.05, 0) is 30.7 Å². The number of nitrogens with two attached hydrogens (primary N) is 1. The number of halogens is 1. The van der Waals surface area contributed by atoms with Crippen LogP contribution >= 0.6 is 12.4 Å². The number of carbonyl (C=O) groups is 1. The predicted molar refractivity (Wildman–Crippen MR) is 67.5 cm³/mol. The number of benzene rings is 1. The summed E-state index contributed by atoms with van der Waals surface area (Å²) in [5.74, 6) is -0.998. The van der Waals surface area contributed by atoms with Gasteiger partial charge < -0.3 is 20.8 Å². The minimum absolute atomic E-state index is 0. The topological polar surface area (TPSA) is 86.8 Å². The van der Waals surface area contributed by atoms with Crippen LogP contribution in [0.3, 0.4) is 0 Å². The van der Waals surface area contributed by atoms with E-state index in [4.69, 9.17) is 10.8 Å². The number of carboxylic acids is 1. The smallest absolute Gasteiger partial charge is 0.329 e. The molecule has 0 radical (unpaired) electrons. The first-order valence-electron chi connectivity index (χ1n) is 5.12. The zero-order valence-corrected chi connectivity index (χ0v) is 9.93. The molecule has 94 valence electrons. The maximum Gasteiger partial charge on any atom is 0.329 e. The first-order chi connectivity index (χ1) is 7.59. The van der Waals surface area contributed by atoms with Crippen LogP contribution < -0.4 is 10.6 Å². The number of hydrogen-bond donors (Lipinski definition) is 3. The van der Waals surface area contributed by atoms with Gasteiger partial charge in [0.1, 0.15) is 0 Å². The van der Waals surface area contributed by atoms with Gasteiger partial charge in [-0.15, -0.1) is 12.4 Å². The zero-order chi connectivity index (χ0) is 11.7. The zero-order valence-electron chi connectivity index (χ0n) is 9.11. The second kappa shape index (κ2) is 5.25. The highest BCUT2D eigenvalue weighted by Gasteiger charge is 2.38. The second-order valence-electron chi connectivity index (χ2n) is 3.92. The van der Waals surface area contributed by atoms with Gasteiger partial charge in [-0.2, -0.15) is 0 Å². The Morgan fingerprint density at radius 3 is 2.47 bits per heavy atom. The largest absolute Gasteiger partial charge is 0.480 e. The van der Waals surface area contributed by atoms with Gasteiger partial charge in [-0.25, -0.2) is 4.79 Å². The summed E-state index contributed by atoms with van der Waals surface area (Å²) in [5.41, 5.74) is 6.97. The molecule has 0 saturated carbocycles. The molecule has 1 aromatic rings. The third-order valence-corrected chi connectivity index (χ3v) is 2.84. The summed E-state index contributed by atoms with van der Waals surface area (Å²) < 4.78 is 0. The lowest BCUT2D eigenvalue weighted by atomic mass is 10.1.